The van der Waals surface area contributed by atoms with E-state index in [1.165, 1.54) is 31.5 Å². The van der Waals surface area contributed by atoms with Crippen molar-refractivity contribution < 1.29 is 37.7 Å². The minimum Gasteiger partial charge on any atom is -0.493 e. The van der Waals surface area contributed by atoms with E-state index in [9.17, 15) is 28.3 Å². The smallest absolute Gasteiger partial charge is 0.422 e. The number of carboxylic acids is 1. The summed E-state index contributed by atoms with van der Waals surface area (Å²) in [6.07, 6.45) is 0.0838. The molecule has 1 aliphatic rings. The Morgan fingerprint density at radius 1 is 1.13 bits per heavy atom. The quantitative estimate of drug-likeness (QED) is 0.234. The van der Waals surface area contributed by atoms with Gasteiger partial charge < -0.3 is 24.3 Å². The number of aromatic nitrogens is 1. The lowest BCUT2D eigenvalue weighted by molar-refractivity contribution is -0.272. The molecule has 1 unspecified atom stereocenters. The molecule has 45 heavy (non-hydrogen) atoms. The van der Waals surface area contributed by atoms with Gasteiger partial charge in [0.1, 0.15) is 6.10 Å². The van der Waals surface area contributed by atoms with Crippen LogP contribution in [0.5, 0.6) is 11.5 Å². The molecule has 2 heterocycles. The van der Waals surface area contributed by atoms with Crippen molar-refractivity contribution >= 4 is 16.9 Å². The predicted octanol–water partition coefficient (Wildman–Crippen LogP) is 6.13. The van der Waals surface area contributed by atoms with Crippen LogP contribution in [0.1, 0.15) is 36.5 Å². The van der Waals surface area contributed by atoms with Gasteiger partial charge >= 0.3 is 12.1 Å². The van der Waals surface area contributed by atoms with Gasteiger partial charge in [-0.05, 0) is 55.2 Å². The summed E-state index contributed by atoms with van der Waals surface area (Å²) in [5.74, 6) is -0.188. The first-order valence-corrected chi connectivity index (χ1v) is 14.4. The van der Waals surface area contributed by atoms with Gasteiger partial charge in [0.2, 0.25) is 5.60 Å². The Kier molecular flexibility index (Phi) is 10.1. The van der Waals surface area contributed by atoms with E-state index >= 15 is 0 Å². The average Bonchev–Trinajstić information content (AvgIpc) is 3.34. The number of carboxylic acid groups (broad SMARTS) is 1. The maximum Gasteiger partial charge on any atom is 0.422 e. The van der Waals surface area contributed by atoms with Gasteiger partial charge in [0, 0.05) is 43.3 Å². The summed E-state index contributed by atoms with van der Waals surface area (Å²) in [6, 6.07) is 11.3. The number of aliphatic carboxylic acids is 1. The minimum absolute atomic E-state index is 0.145. The molecule has 3 aromatic rings. The molecule has 11 heteroatoms. The highest BCUT2D eigenvalue weighted by atomic mass is 19.4. The molecule has 0 saturated carbocycles. The van der Waals surface area contributed by atoms with Gasteiger partial charge in [-0.2, -0.15) is 18.4 Å². The summed E-state index contributed by atoms with van der Waals surface area (Å²) in [5, 5.41) is 30.2. The van der Waals surface area contributed by atoms with Crippen molar-refractivity contribution in [2.45, 2.75) is 50.6 Å². The third-order valence-electron chi connectivity index (χ3n) is 7.77. The van der Waals surface area contributed by atoms with E-state index in [0.717, 1.165) is 5.57 Å². The second kappa shape index (κ2) is 13.6. The normalized spacial score (nSPS) is 15.9. The molecule has 8 nitrogen and oxygen atoms in total. The molecule has 0 bridgehead atoms. The van der Waals surface area contributed by atoms with Gasteiger partial charge in [-0.15, -0.1) is 0 Å². The van der Waals surface area contributed by atoms with Crippen LogP contribution in [0.4, 0.5) is 13.2 Å². The largest absolute Gasteiger partial charge is 0.493 e. The van der Waals surface area contributed by atoms with Gasteiger partial charge in [0.15, 0.2) is 11.5 Å². The van der Waals surface area contributed by atoms with Crippen LogP contribution in [0.3, 0.4) is 0 Å². The van der Waals surface area contributed by atoms with Crippen LogP contribution < -0.4 is 9.47 Å². The summed E-state index contributed by atoms with van der Waals surface area (Å²) in [4.78, 5) is 12.6. The second-order valence-electron chi connectivity index (χ2n) is 11.4. The molecule has 1 aliphatic heterocycles. The molecule has 1 fully saturated rings. The number of rotatable bonds is 12. The van der Waals surface area contributed by atoms with Crippen LogP contribution in [0.15, 0.2) is 79.1 Å². The number of ether oxygens (including phenoxy) is 2. The van der Waals surface area contributed by atoms with Crippen molar-refractivity contribution in [1.29, 1.82) is 5.26 Å². The molecular weight excluding hydrogens is 587 g/mol. The number of alkyl halides is 3. The number of halogens is 3. The molecular formula is C34H36F3N3O5. The standard InChI is InChI=1S/C34H36F3N3O5/c1-22(2)5-6-23(3)19-40-20-28(27-9-7-25(18-38)15-29(27)40)33(43,34(35,36)37)21-39-13-11-26(12-14-39)45-30-10-8-24(17-32(41)42)16-31(30)44-4/h5-10,15-16,20,26,43H,1,3,11-14,17,19,21H2,2,4H3,(H,41,42)/b6-5-. The molecule has 0 amide bonds. The van der Waals surface area contributed by atoms with Crippen molar-refractivity contribution in [3.8, 4) is 17.6 Å². The van der Waals surface area contributed by atoms with Crippen molar-refractivity contribution in [3.63, 3.8) is 0 Å². The summed E-state index contributed by atoms with van der Waals surface area (Å²) >= 11 is 0. The van der Waals surface area contributed by atoms with Gasteiger partial charge in [0.05, 0.1) is 30.7 Å². The molecule has 1 saturated heterocycles. The maximum absolute atomic E-state index is 14.8. The molecule has 0 aliphatic carbocycles. The van der Waals surface area contributed by atoms with Crippen LogP contribution in [0, 0.1) is 11.3 Å². The highest BCUT2D eigenvalue weighted by molar-refractivity contribution is 5.86. The maximum atomic E-state index is 14.8. The minimum atomic E-state index is -5.00. The molecule has 0 radical (unpaired) electrons. The number of hydrogen-bond donors (Lipinski definition) is 2. The number of nitrogens with zero attached hydrogens (tertiary/aromatic N) is 3. The van der Waals surface area contributed by atoms with Gasteiger partial charge in [-0.3, -0.25) is 9.69 Å². The Balaban J connectivity index is 1.56. The topological polar surface area (TPSA) is 108 Å². The fourth-order valence-electron chi connectivity index (χ4n) is 5.46. The number of methoxy groups -OCH3 is 1. The first-order chi connectivity index (χ1) is 21.2. The first kappa shape index (κ1) is 33.4. The zero-order valence-corrected chi connectivity index (χ0v) is 25.2. The lowest BCUT2D eigenvalue weighted by Crippen LogP contribution is -2.53. The molecule has 2 aromatic carbocycles. The Morgan fingerprint density at radius 3 is 2.44 bits per heavy atom. The van der Waals surface area contributed by atoms with Crippen molar-refractivity contribution in [2.24, 2.45) is 0 Å². The molecule has 2 N–H and O–H groups in total. The number of benzene rings is 2. The third-order valence-corrected chi connectivity index (χ3v) is 7.77. The summed E-state index contributed by atoms with van der Waals surface area (Å²) in [7, 11) is 1.44. The number of hydrogen-bond acceptors (Lipinski definition) is 6. The van der Waals surface area contributed by atoms with Gasteiger partial charge in [-0.1, -0.05) is 43.0 Å². The van der Waals surface area contributed by atoms with E-state index in [1.807, 2.05) is 13.0 Å². The summed E-state index contributed by atoms with van der Waals surface area (Å²) < 4.78 is 57.4. The van der Waals surface area contributed by atoms with E-state index < -0.39 is 24.3 Å². The molecule has 238 valence electrons. The number of piperidine rings is 1. The number of fused-ring (bicyclic) bond motifs is 1. The number of carbonyl (C=O) groups is 1. The monoisotopic (exact) mass is 623 g/mol. The van der Waals surface area contributed by atoms with E-state index in [1.54, 1.807) is 39.8 Å². The number of likely N-dealkylation sites (tertiary alicyclic amines) is 1. The fraction of sp³-hybridized carbons (Fsp3) is 0.353. The fourth-order valence-corrected chi connectivity index (χ4v) is 5.46. The molecule has 4 rings (SSSR count). The molecule has 0 spiro atoms. The zero-order valence-electron chi connectivity index (χ0n) is 25.2. The highest BCUT2D eigenvalue weighted by Crippen LogP contribution is 2.44. The zero-order chi connectivity index (χ0) is 32.9. The van der Waals surface area contributed by atoms with Crippen LogP contribution in [-0.2, 0) is 23.4 Å². The van der Waals surface area contributed by atoms with Crippen molar-refractivity contribution in [3.05, 3.63) is 95.7 Å². The Bertz CT molecular complexity index is 1660. The number of allylic oxidation sites excluding steroid dienone is 4. The van der Waals surface area contributed by atoms with Crippen LogP contribution in [0.25, 0.3) is 10.9 Å². The number of nitriles is 1. The second-order valence-corrected chi connectivity index (χ2v) is 11.4. The lowest BCUT2D eigenvalue weighted by atomic mass is 9.90. The predicted molar refractivity (Wildman–Crippen MR) is 164 cm³/mol. The van der Waals surface area contributed by atoms with Gasteiger partial charge in [-0.25, -0.2) is 0 Å². The van der Waals surface area contributed by atoms with E-state index in [0.29, 0.717) is 41.0 Å². The summed E-state index contributed by atoms with van der Waals surface area (Å²) in [6.45, 7) is 9.55. The van der Waals surface area contributed by atoms with Gasteiger partial charge in [0.25, 0.3) is 0 Å². The van der Waals surface area contributed by atoms with Crippen molar-refractivity contribution in [1.82, 2.24) is 9.47 Å². The average molecular weight is 624 g/mol. The first-order valence-electron chi connectivity index (χ1n) is 14.4. The van der Waals surface area contributed by atoms with Crippen LogP contribution in [-0.4, -0.2) is 64.7 Å². The van der Waals surface area contributed by atoms with E-state index in [-0.39, 0.29) is 48.7 Å². The third kappa shape index (κ3) is 7.77. The Morgan fingerprint density at radius 2 is 1.84 bits per heavy atom. The van der Waals surface area contributed by atoms with Crippen LogP contribution >= 0.6 is 0 Å². The molecule has 1 aromatic heterocycles. The Labute approximate surface area is 259 Å². The Hall–Kier alpha value is -4.53. The van der Waals surface area contributed by atoms with Crippen LogP contribution in [0.2, 0.25) is 0 Å². The number of aliphatic hydroxyl groups is 1. The summed E-state index contributed by atoms with van der Waals surface area (Å²) in [5.41, 5.74) is -0.893. The SMILES string of the molecule is C=C(C)/C=C\C(=C)Cn1cc(C(O)(CN2CCC(Oc3ccc(CC(=O)O)cc3OC)CC2)C(F)(F)F)c2ccc(C#N)cc21. The molecule has 1 atom stereocenters. The van der Waals surface area contributed by atoms with E-state index in [2.05, 4.69) is 13.2 Å². The van der Waals surface area contributed by atoms with Crippen molar-refractivity contribution in [2.75, 3.05) is 26.7 Å². The lowest BCUT2D eigenvalue weighted by Gasteiger charge is -2.39. The van der Waals surface area contributed by atoms with E-state index in [4.69, 9.17) is 14.6 Å². The number of β-amino-alcohol motifs (C(OH)–C–C–N with tert-alkyl or cyclic N) is 1. The highest BCUT2D eigenvalue weighted by Gasteiger charge is 2.57.